The van der Waals surface area contributed by atoms with Crippen molar-refractivity contribution in [2.45, 2.75) is 31.7 Å². The van der Waals surface area contributed by atoms with Crippen molar-refractivity contribution in [1.82, 2.24) is 9.21 Å². The molecule has 4 nitrogen and oxygen atoms in total. The predicted octanol–water partition coefficient (Wildman–Crippen LogP) is 4.12. The predicted molar refractivity (Wildman–Crippen MR) is 114 cm³/mol. The Morgan fingerprint density at radius 2 is 1.71 bits per heavy atom. The van der Waals surface area contributed by atoms with Crippen LogP contribution in [0.2, 0.25) is 0 Å². The van der Waals surface area contributed by atoms with E-state index >= 15 is 0 Å². The fourth-order valence-corrected chi connectivity index (χ4v) is 5.16. The fourth-order valence-electron chi connectivity index (χ4n) is 3.79. The first kappa shape index (κ1) is 20.5. The number of aryl methyl sites for hydroxylation is 1. The zero-order chi connectivity index (χ0) is 20.3. The van der Waals surface area contributed by atoms with Crippen molar-refractivity contribution in [1.29, 1.82) is 0 Å². The summed E-state index contributed by atoms with van der Waals surface area (Å²) in [6.07, 6.45) is 0. The quantitative estimate of drug-likeness (QED) is 0.689. The highest BCUT2D eigenvalue weighted by molar-refractivity contribution is 7.82. The van der Waals surface area contributed by atoms with Crippen molar-refractivity contribution in [3.05, 3.63) is 77.9 Å². The van der Waals surface area contributed by atoms with Crippen LogP contribution in [0.5, 0.6) is 0 Å². The molecule has 0 aromatic heterocycles. The molecule has 0 spiro atoms. The van der Waals surface area contributed by atoms with Crippen LogP contribution in [-0.4, -0.2) is 39.0 Å². The second kappa shape index (κ2) is 8.84. The van der Waals surface area contributed by atoms with E-state index in [2.05, 4.69) is 6.58 Å². The van der Waals surface area contributed by atoms with E-state index in [1.165, 1.54) is 0 Å². The van der Waals surface area contributed by atoms with Gasteiger partial charge in [-0.1, -0.05) is 54.6 Å². The van der Waals surface area contributed by atoms with Crippen molar-refractivity contribution in [2.75, 3.05) is 19.6 Å². The third-order valence-electron chi connectivity index (χ3n) is 5.34. The van der Waals surface area contributed by atoms with Crippen LogP contribution in [0.4, 0.5) is 0 Å². The van der Waals surface area contributed by atoms with Gasteiger partial charge in [0.05, 0.1) is 16.9 Å². The maximum Gasteiger partial charge on any atom is 0.231 e. The molecular formula is C23H28N2O2S. The lowest BCUT2D eigenvalue weighted by atomic mass is 9.90. The lowest BCUT2D eigenvalue weighted by Gasteiger charge is -2.30. The minimum absolute atomic E-state index is 0.0623. The smallest absolute Gasteiger partial charge is 0.231 e. The molecular weight excluding hydrogens is 368 g/mol. The van der Waals surface area contributed by atoms with E-state index in [0.29, 0.717) is 19.6 Å². The molecule has 1 amide bonds. The van der Waals surface area contributed by atoms with Gasteiger partial charge in [-0.15, -0.1) is 0 Å². The number of carbonyl (C=O) groups excluding carboxylic acids is 1. The zero-order valence-corrected chi connectivity index (χ0v) is 17.6. The van der Waals surface area contributed by atoms with Gasteiger partial charge in [-0.2, -0.15) is 0 Å². The molecule has 0 unspecified atom stereocenters. The van der Waals surface area contributed by atoms with Crippen LogP contribution in [0, 0.1) is 12.8 Å². The van der Waals surface area contributed by atoms with Crippen LogP contribution in [0.1, 0.15) is 31.0 Å². The molecule has 1 saturated heterocycles. The third-order valence-corrected chi connectivity index (χ3v) is 6.80. The molecule has 0 bridgehead atoms. The number of hydrogen-bond donors (Lipinski definition) is 0. The SMILES string of the molecule is C=C1CN([S@@](=O)c2ccc(C)cc2)[C@@H](c2ccccc2)[C@@H]1C(=O)N(CC)CC. The molecule has 0 radical (unpaired) electrons. The lowest BCUT2D eigenvalue weighted by molar-refractivity contribution is -0.134. The standard InChI is InChI=1S/C23H28N2O2S/c1-5-24(6-2)23(26)21-18(4)16-25(22(21)19-10-8-7-9-11-19)28(27)20-14-12-17(3)13-15-20/h7-15,21-22H,4-6,16H2,1-3H3/t21-,22+,28+/m1/s1. The summed E-state index contributed by atoms with van der Waals surface area (Å²) in [6.45, 7) is 11.9. The molecule has 0 saturated carbocycles. The number of carbonyl (C=O) groups is 1. The summed E-state index contributed by atoms with van der Waals surface area (Å²) in [6, 6.07) is 17.3. The number of hydrogen-bond acceptors (Lipinski definition) is 2. The highest BCUT2D eigenvalue weighted by atomic mass is 32.2. The normalized spacial score (nSPS) is 20.9. The monoisotopic (exact) mass is 396 g/mol. The first-order valence-electron chi connectivity index (χ1n) is 9.74. The Bertz CT molecular complexity index is 860. The van der Waals surface area contributed by atoms with Crippen LogP contribution in [0.3, 0.4) is 0 Å². The Balaban J connectivity index is 2.02. The summed E-state index contributed by atoms with van der Waals surface area (Å²) in [5.41, 5.74) is 2.94. The van der Waals surface area contributed by atoms with Gasteiger partial charge in [0.25, 0.3) is 0 Å². The molecule has 1 aliphatic rings. The second-order valence-electron chi connectivity index (χ2n) is 7.14. The van der Waals surface area contributed by atoms with Gasteiger partial charge in [0, 0.05) is 19.6 Å². The summed E-state index contributed by atoms with van der Waals surface area (Å²) in [7, 11) is -1.37. The van der Waals surface area contributed by atoms with E-state index in [9.17, 15) is 9.00 Å². The van der Waals surface area contributed by atoms with E-state index in [1.807, 2.05) is 84.6 Å². The lowest BCUT2D eigenvalue weighted by Crippen LogP contribution is -2.39. The topological polar surface area (TPSA) is 40.6 Å². The Morgan fingerprint density at radius 3 is 2.29 bits per heavy atom. The summed E-state index contributed by atoms with van der Waals surface area (Å²) < 4.78 is 15.3. The number of amides is 1. The van der Waals surface area contributed by atoms with Gasteiger partial charge in [0.1, 0.15) is 11.0 Å². The summed E-state index contributed by atoms with van der Waals surface area (Å²) in [5, 5.41) is 0. The summed E-state index contributed by atoms with van der Waals surface area (Å²) in [5.74, 6) is -0.330. The van der Waals surface area contributed by atoms with Crippen molar-refractivity contribution in [3.8, 4) is 0 Å². The van der Waals surface area contributed by atoms with Crippen molar-refractivity contribution in [2.24, 2.45) is 5.92 Å². The van der Waals surface area contributed by atoms with E-state index in [1.54, 1.807) is 0 Å². The second-order valence-corrected chi connectivity index (χ2v) is 8.58. The van der Waals surface area contributed by atoms with Gasteiger partial charge >= 0.3 is 0 Å². The highest BCUT2D eigenvalue weighted by Crippen LogP contribution is 2.42. The first-order valence-corrected chi connectivity index (χ1v) is 10.8. The van der Waals surface area contributed by atoms with Crippen LogP contribution in [0.15, 0.2) is 71.6 Å². The Labute approximate surface area is 170 Å². The first-order chi connectivity index (χ1) is 13.5. The van der Waals surface area contributed by atoms with Crippen LogP contribution in [0.25, 0.3) is 0 Å². The van der Waals surface area contributed by atoms with Crippen LogP contribution >= 0.6 is 0 Å². The average molecular weight is 397 g/mol. The summed E-state index contributed by atoms with van der Waals surface area (Å²) >= 11 is 0. The fraction of sp³-hybridized carbons (Fsp3) is 0.348. The number of rotatable bonds is 6. The Morgan fingerprint density at radius 1 is 1.11 bits per heavy atom. The highest BCUT2D eigenvalue weighted by Gasteiger charge is 2.45. The summed E-state index contributed by atoms with van der Waals surface area (Å²) in [4.78, 5) is 15.9. The molecule has 2 aromatic carbocycles. The number of nitrogens with zero attached hydrogens (tertiary/aromatic N) is 2. The molecule has 0 N–H and O–H groups in total. The molecule has 2 aromatic rings. The van der Waals surface area contributed by atoms with Gasteiger partial charge in [0.2, 0.25) is 5.91 Å². The minimum atomic E-state index is -1.37. The Hall–Kier alpha value is -2.24. The van der Waals surface area contributed by atoms with Gasteiger partial charge in [-0.3, -0.25) is 4.79 Å². The van der Waals surface area contributed by atoms with Crippen molar-refractivity contribution < 1.29 is 9.00 Å². The van der Waals surface area contributed by atoms with E-state index in [-0.39, 0.29) is 11.9 Å². The molecule has 0 aliphatic carbocycles. The maximum atomic E-state index is 13.4. The van der Waals surface area contributed by atoms with Crippen molar-refractivity contribution in [3.63, 3.8) is 0 Å². The van der Waals surface area contributed by atoms with Crippen molar-refractivity contribution >= 4 is 16.9 Å². The number of benzene rings is 2. The van der Waals surface area contributed by atoms with Gasteiger partial charge < -0.3 is 4.90 Å². The maximum absolute atomic E-state index is 13.4. The molecule has 3 rings (SSSR count). The zero-order valence-electron chi connectivity index (χ0n) is 16.8. The largest absolute Gasteiger partial charge is 0.343 e. The van der Waals surface area contributed by atoms with E-state index in [4.69, 9.17) is 0 Å². The molecule has 1 aliphatic heterocycles. The molecule has 3 atom stereocenters. The van der Waals surface area contributed by atoms with Gasteiger partial charge in [0.15, 0.2) is 0 Å². The van der Waals surface area contributed by atoms with Gasteiger partial charge in [-0.05, 0) is 44.0 Å². The molecule has 28 heavy (non-hydrogen) atoms. The van der Waals surface area contributed by atoms with Gasteiger partial charge in [-0.25, -0.2) is 8.51 Å². The van der Waals surface area contributed by atoms with Crippen LogP contribution < -0.4 is 0 Å². The molecule has 1 heterocycles. The van der Waals surface area contributed by atoms with E-state index in [0.717, 1.165) is 21.6 Å². The van der Waals surface area contributed by atoms with Crippen LogP contribution in [-0.2, 0) is 15.8 Å². The molecule has 5 heteroatoms. The average Bonchev–Trinajstić information content (AvgIpc) is 3.06. The molecule has 148 valence electrons. The third kappa shape index (κ3) is 3.96. The Kier molecular flexibility index (Phi) is 6.47. The minimum Gasteiger partial charge on any atom is -0.343 e. The molecule has 1 fully saturated rings. The van der Waals surface area contributed by atoms with E-state index < -0.39 is 16.9 Å².